The summed E-state index contributed by atoms with van der Waals surface area (Å²) in [5.41, 5.74) is 2.11. The maximum Gasteiger partial charge on any atom is 0.262 e. The van der Waals surface area contributed by atoms with Crippen molar-refractivity contribution in [2.24, 2.45) is 0 Å². The molecule has 4 rings (SSSR count). The Morgan fingerprint density at radius 3 is 2.73 bits per heavy atom. The zero-order valence-corrected chi connectivity index (χ0v) is 17.7. The second kappa shape index (κ2) is 8.77. The van der Waals surface area contributed by atoms with Gasteiger partial charge in [0.05, 0.1) is 29.5 Å². The molecule has 0 bridgehead atoms. The van der Waals surface area contributed by atoms with Crippen molar-refractivity contribution in [1.29, 1.82) is 0 Å². The lowest BCUT2D eigenvalue weighted by Crippen LogP contribution is -2.24. The molecule has 0 spiro atoms. The molecular formula is C22H18ClN3O3S. The van der Waals surface area contributed by atoms with E-state index in [0.717, 1.165) is 11.3 Å². The summed E-state index contributed by atoms with van der Waals surface area (Å²) in [5.74, 6) is 0.539. The molecule has 30 heavy (non-hydrogen) atoms. The number of nitrogens with zero attached hydrogens (tertiary/aromatic N) is 2. The lowest BCUT2D eigenvalue weighted by molar-refractivity contribution is -0.113. The zero-order chi connectivity index (χ0) is 21.1. The quantitative estimate of drug-likeness (QED) is 0.347. The molecule has 0 saturated heterocycles. The van der Waals surface area contributed by atoms with Gasteiger partial charge < -0.3 is 9.73 Å². The monoisotopic (exact) mass is 439 g/mol. The summed E-state index contributed by atoms with van der Waals surface area (Å²) < 4.78 is 6.91. The van der Waals surface area contributed by atoms with Crippen LogP contribution in [0.5, 0.6) is 0 Å². The molecule has 2 heterocycles. The number of halogens is 1. The zero-order valence-electron chi connectivity index (χ0n) is 16.1. The van der Waals surface area contributed by atoms with Crippen molar-refractivity contribution in [3.8, 4) is 0 Å². The van der Waals surface area contributed by atoms with E-state index in [1.165, 1.54) is 16.3 Å². The van der Waals surface area contributed by atoms with Gasteiger partial charge in [0.15, 0.2) is 5.16 Å². The van der Waals surface area contributed by atoms with Crippen LogP contribution in [0.1, 0.15) is 11.3 Å². The van der Waals surface area contributed by atoms with Crippen LogP contribution in [0.15, 0.2) is 75.2 Å². The molecule has 0 radical (unpaired) electrons. The second-order valence-corrected chi connectivity index (χ2v) is 8.11. The summed E-state index contributed by atoms with van der Waals surface area (Å²) in [6.07, 6.45) is 1.55. The van der Waals surface area contributed by atoms with Gasteiger partial charge >= 0.3 is 0 Å². The Labute approximate surface area is 181 Å². The lowest BCUT2D eigenvalue weighted by atomic mass is 10.2. The molecule has 0 aliphatic rings. The number of aryl methyl sites for hydroxylation is 1. The molecule has 152 valence electrons. The van der Waals surface area contributed by atoms with E-state index in [0.29, 0.717) is 26.8 Å². The third kappa shape index (κ3) is 4.58. The Morgan fingerprint density at radius 2 is 2.00 bits per heavy atom. The number of anilines is 1. The van der Waals surface area contributed by atoms with Crippen LogP contribution in [0.4, 0.5) is 5.69 Å². The molecule has 4 aromatic rings. The fraction of sp³-hybridized carbons (Fsp3) is 0.136. The molecule has 1 N–H and O–H groups in total. The fourth-order valence-corrected chi connectivity index (χ4v) is 3.91. The van der Waals surface area contributed by atoms with Gasteiger partial charge in [0, 0.05) is 10.7 Å². The van der Waals surface area contributed by atoms with Gasteiger partial charge in [-0.05, 0) is 49.4 Å². The predicted octanol–water partition coefficient (Wildman–Crippen LogP) is 4.73. The number of hydrogen-bond donors (Lipinski definition) is 1. The van der Waals surface area contributed by atoms with E-state index in [4.69, 9.17) is 16.0 Å². The second-order valence-electron chi connectivity index (χ2n) is 6.73. The number of furan rings is 1. The van der Waals surface area contributed by atoms with Gasteiger partial charge in [0.25, 0.3) is 5.56 Å². The lowest BCUT2D eigenvalue weighted by Gasteiger charge is -2.12. The van der Waals surface area contributed by atoms with Crippen LogP contribution in [0.2, 0.25) is 5.02 Å². The molecule has 0 unspecified atom stereocenters. The van der Waals surface area contributed by atoms with E-state index < -0.39 is 0 Å². The summed E-state index contributed by atoms with van der Waals surface area (Å²) in [6, 6.07) is 16.1. The normalized spacial score (nSPS) is 11.0. The van der Waals surface area contributed by atoms with Gasteiger partial charge in [-0.3, -0.25) is 14.2 Å². The van der Waals surface area contributed by atoms with Crippen LogP contribution in [0, 0.1) is 6.92 Å². The average molecular weight is 440 g/mol. The van der Waals surface area contributed by atoms with Crippen molar-refractivity contribution in [3.63, 3.8) is 0 Å². The van der Waals surface area contributed by atoms with Gasteiger partial charge in [-0.2, -0.15) is 0 Å². The standard InChI is InChI=1S/C22H18ClN3O3S/c1-14-4-7-16(8-5-14)24-20(27)13-30-22-25-19-11-15(23)6-9-18(19)21(28)26(22)12-17-3-2-10-29-17/h2-11H,12-13H2,1H3,(H,24,27). The average Bonchev–Trinajstić information content (AvgIpc) is 3.23. The number of fused-ring (bicyclic) bond motifs is 1. The topological polar surface area (TPSA) is 77.1 Å². The molecular weight excluding hydrogens is 422 g/mol. The number of rotatable bonds is 6. The first kappa shape index (κ1) is 20.3. The van der Waals surface area contributed by atoms with Gasteiger partial charge in [0.1, 0.15) is 5.76 Å². The number of carbonyl (C=O) groups excluding carboxylic acids is 1. The van der Waals surface area contributed by atoms with E-state index in [9.17, 15) is 9.59 Å². The van der Waals surface area contributed by atoms with Crippen molar-refractivity contribution in [2.45, 2.75) is 18.6 Å². The summed E-state index contributed by atoms with van der Waals surface area (Å²) in [5, 5.41) is 4.22. The van der Waals surface area contributed by atoms with E-state index >= 15 is 0 Å². The molecule has 0 atom stereocenters. The van der Waals surface area contributed by atoms with Gasteiger partial charge in [0.2, 0.25) is 5.91 Å². The van der Waals surface area contributed by atoms with Crippen molar-refractivity contribution < 1.29 is 9.21 Å². The molecule has 1 amide bonds. The summed E-state index contributed by atoms with van der Waals surface area (Å²) >= 11 is 7.26. The van der Waals surface area contributed by atoms with Crippen LogP contribution in [0.25, 0.3) is 10.9 Å². The Morgan fingerprint density at radius 1 is 1.20 bits per heavy atom. The van der Waals surface area contributed by atoms with Gasteiger partial charge in [-0.25, -0.2) is 4.98 Å². The van der Waals surface area contributed by atoms with E-state index in [2.05, 4.69) is 10.3 Å². The third-order valence-corrected chi connectivity index (χ3v) is 5.66. The number of thioether (sulfide) groups is 1. The van der Waals surface area contributed by atoms with Crippen LogP contribution >= 0.6 is 23.4 Å². The molecule has 2 aromatic heterocycles. The first-order chi connectivity index (χ1) is 14.5. The van der Waals surface area contributed by atoms with Crippen LogP contribution < -0.4 is 10.9 Å². The minimum atomic E-state index is -0.213. The number of nitrogens with one attached hydrogen (secondary N) is 1. The minimum absolute atomic E-state index is 0.102. The number of aromatic nitrogens is 2. The number of amides is 1. The van der Waals surface area contributed by atoms with Crippen LogP contribution in [-0.4, -0.2) is 21.2 Å². The summed E-state index contributed by atoms with van der Waals surface area (Å²) in [6.45, 7) is 2.21. The highest BCUT2D eigenvalue weighted by Crippen LogP contribution is 2.22. The number of hydrogen-bond acceptors (Lipinski definition) is 5. The van der Waals surface area contributed by atoms with E-state index in [-0.39, 0.29) is 23.8 Å². The van der Waals surface area contributed by atoms with Crippen LogP contribution in [-0.2, 0) is 11.3 Å². The number of carbonyl (C=O) groups is 1. The molecule has 8 heteroatoms. The highest BCUT2D eigenvalue weighted by Gasteiger charge is 2.15. The summed E-state index contributed by atoms with van der Waals surface area (Å²) in [4.78, 5) is 30.1. The first-order valence-corrected chi connectivity index (χ1v) is 10.6. The third-order valence-electron chi connectivity index (χ3n) is 4.44. The fourth-order valence-electron chi connectivity index (χ4n) is 2.95. The predicted molar refractivity (Wildman–Crippen MR) is 119 cm³/mol. The number of benzene rings is 2. The highest BCUT2D eigenvalue weighted by molar-refractivity contribution is 7.99. The highest BCUT2D eigenvalue weighted by atomic mass is 35.5. The van der Waals surface area contributed by atoms with Crippen molar-refractivity contribution in [3.05, 3.63) is 87.6 Å². The Balaban J connectivity index is 1.61. The summed E-state index contributed by atoms with van der Waals surface area (Å²) in [7, 11) is 0. The van der Waals surface area contributed by atoms with Crippen LogP contribution in [0.3, 0.4) is 0 Å². The molecule has 2 aromatic carbocycles. The molecule has 0 aliphatic heterocycles. The first-order valence-electron chi connectivity index (χ1n) is 9.21. The SMILES string of the molecule is Cc1ccc(NC(=O)CSc2nc3cc(Cl)ccc3c(=O)n2Cc2ccco2)cc1. The largest absolute Gasteiger partial charge is 0.467 e. The molecule has 6 nitrogen and oxygen atoms in total. The smallest absolute Gasteiger partial charge is 0.262 e. The van der Waals surface area contributed by atoms with Crippen molar-refractivity contribution >= 4 is 45.9 Å². The van der Waals surface area contributed by atoms with Crippen molar-refractivity contribution in [1.82, 2.24) is 9.55 Å². The Hall–Kier alpha value is -3.03. The Kier molecular flexibility index (Phi) is 5.92. The van der Waals surface area contributed by atoms with Gasteiger partial charge in [-0.15, -0.1) is 0 Å². The maximum atomic E-state index is 13.1. The van der Waals surface area contributed by atoms with E-state index in [1.54, 1.807) is 36.6 Å². The maximum absolute atomic E-state index is 13.1. The van der Waals surface area contributed by atoms with Crippen molar-refractivity contribution in [2.75, 3.05) is 11.1 Å². The Bertz CT molecular complexity index is 1250. The molecule has 0 fully saturated rings. The van der Waals surface area contributed by atoms with Gasteiger partial charge in [-0.1, -0.05) is 41.1 Å². The minimum Gasteiger partial charge on any atom is -0.467 e. The van der Waals surface area contributed by atoms with E-state index in [1.807, 2.05) is 31.2 Å². The molecule has 0 saturated carbocycles. The molecule has 0 aliphatic carbocycles.